The second kappa shape index (κ2) is 8.75. The molecule has 0 bridgehead atoms. The zero-order chi connectivity index (χ0) is 20.9. The second-order valence-electron chi connectivity index (χ2n) is 6.34. The number of carbonyl (C=O) groups excluding carboxylic acids is 1. The standard InChI is InChI=1S/C21H19N5O3S/c1-14-18(11-12-28-14)20-24-25-21(26(20)22)30-13-19(27)23-15-7-9-17(10-8-15)29-16-5-3-2-4-6-16/h2-12H,13,22H2,1H3,(H,23,27). The predicted molar refractivity (Wildman–Crippen MR) is 115 cm³/mol. The lowest BCUT2D eigenvalue weighted by Gasteiger charge is -2.08. The number of aromatic nitrogens is 3. The Labute approximate surface area is 177 Å². The highest BCUT2D eigenvalue weighted by Gasteiger charge is 2.16. The zero-order valence-electron chi connectivity index (χ0n) is 16.1. The van der Waals surface area contributed by atoms with Crippen LogP contribution in [0.25, 0.3) is 11.4 Å². The van der Waals surface area contributed by atoms with Crippen molar-refractivity contribution in [2.75, 3.05) is 16.9 Å². The van der Waals surface area contributed by atoms with Gasteiger partial charge in [0.1, 0.15) is 17.3 Å². The van der Waals surface area contributed by atoms with Crippen LogP contribution < -0.4 is 15.9 Å². The van der Waals surface area contributed by atoms with Gasteiger partial charge >= 0.3 is 0 Å². The number of thioether (sulfide) groups is 1. The van der Waals surface area contributed by atoms with Crippen molar-refractivity contribution in [1.82, 2.24) is 14.9 Å². The lowest BCUT2D eigenvalue weighted by atomic mass is 10.2. The van der Waals surface area contributed by atoms with E-state index in [0.29, 0.717) is 28.2 Å². The summed E-state index contributed by atoms with van der Waals surface area (Å²) in [5.41, 5.74) is 1.43. The van der Waals surface area contributed by atoms with E-state index in [4.69, 9.17) is 15.0 Å². The summed E-state index contributed by atoms with van der Waals surface area (Å²) in [6, 6.07) is 18.4. The van der Waals surface area contributed by atoms with Crippen LogP contribution in [0.2, 0.25) is 0 Å². The summed E-state index contributed by atoms with van der Waals surface area (Å²) < 4.78 is 12.4. The summed E-state index contributed by atoms with van der Waals surface area (Å²) in [4.78, 5) is 12.3. The third-order valence-electron chi connectivity index (χ3n) is 4.21. The van der Waals surface area contributed by atoms with Gasteiger partial charge in [-0.05, 0) is 49.4 Å². The summed E-state index contributed by atoms with van der Waals surface area (Å²) in [6.07, 6.45) is 1.57. The molecule has 9 heteroatoms. The molecule has 3 N–H and O–H groups in total. The number of furan rings is 1. The Morgan fingerprint density at radius 1 is 1.10 bits per heavy atom. The average Bonchev–Trinajstić information content (AvgIpc) is 3.33. The largest absolute Gasteiger partial charge is 0.469 e. The summed E-state index contributed by atoms with van der Waals surface area (Å²) in [5, 5.41) is 11.4. The Bertz CT molecular complexity index is 1140. The lowest BCUT2D eigenvalue weighted by Crippen LogP contribution is -2.16. The molecule has 2 aromatic heterocycles. The van der Waals surface area contributed by atoms with Gasteiger partial charge in [-0.2, -0.15) is 0 Å². The molecule has 152 valence electrons. The van der Waals surface area contributed by atoms with Crippen molar-refractivity contribution in [3.05, 3.63) is 72.7 Å². The first-order chi connectivity index (χ1) is 14.6. The number of nitrogens with two attached hydrogens (primary N) is 1. The van der Waals surface area contributed by atoms with Gasteiger partial charge in [-0.15, -0.1) is 10.2 Å². The van der Waals surface area contributed by atoms with Crippen LogP contribution in [-0.2, 0) is 4.79 Å². The number of nitrogens with one attached hydrogen (secondary N) is 1. The zero-order valence-corrected chi connectivity index (χ0v) is 16.9. The minimum absolute atomic E-state index is 0.141. The number of aryl methyl sites for hydroxylation is 1. The summed E-state index contributed by atoms with van der Waals surface area (Å²) in [6.45, 7) is 1.82. The van der Waals surface area contributed by atoms with Crippen LogP contribution in [0.15, 0.2) is 76.5 Å². The highest BCUT2D eigenvalue weighted by molar-refractivity contribution is 7.99. The van der Waals surface area contributed by atoms with E-state index in [9.17, 15) is 4.79 Å². The van der Waals surface area contributed by atoms with E-state index in [1.807, 2.05) is 37.3 Å². The van der Waals surface area contributed by atoms with Crippen LogP contribution in [0.4, 0.5) is 5.69 Å². The lowest BCUT2D eigenvalue weighted by molar-refractivity contribution is -0.113. The van der Waals surface area contributed by atoms with Gasteiger partial charge in [-0.1, -0.05) is 30.0 Å². The molecule has 0 spiro atoms. The van der Waals surface area contributed by atoms with E-state index in [-0.39, 0.29) is 11.7 Å². The summed E-state index contributed by atoms with van der Waals surface area (Å²) in [5.74, 6) is 8.65. The third kappa shape index (κ3) is 4.47. The molecular formula is C21H19N5O3S. The van der Waals surface area contributed by atoms with Crippen LogP contribution in [0.3, 0.4) is 0 Å². The molecule has 0 aliphatic heterocycles. The number of benzene rings is 2. The SMILES string of the molecule is Cc1occc1-c1nnc(SCC(=O)Nc2ccc(Oc3ccccc3)cc2)n1N. The van der Waals surface area contributed by atoms with Crippen LogP contribution in [0.5, 0.6) is 11.5 Å². The van der Waals surface area contributed by atoms with Crippen LogP contribution in [0, 0.1) is 6.92 Å². The minimum atomic E-state index is -0.180. The molecule has 1 amide bonds. The maximum Gasteiger partial charge on any atom is 0.234 e. The molecule has 8 nitrogen and oxygen atoms in total. The molecule has 0 saturated carbocycles. The van der Waals surface area contributed by atoms with Crippen molar-refractivity contribution in [2.45, 2.75) is 12.1 Å². The van der Waals surface area contributed by atoms with E-state index in [2.05, 4.69) is 15.5 Å². The number of anilines is 1. The highest BCUT2D eigenvalue weighted by atomic mass is 32.2. The maximum atomic E-state index is 12.3. The topological polar surface area (TPSA) is 108 Å². The van der Waals surface area contributed by atoms with Gasteiger partial charge in [0.25, 0.3) is 0 Å². The van der Waals surface area contributed by atoms with Crippen LogP contribution in [0.1, 0.15) is 5.76 Å². The smallest absolute Gasteiger partial charge is 0.234 e. The minimum Gasteiger partial charge on any atom is -0.469 e. The number of para-hydroxylation sites is 1. The molecule has 0 unspecified atom stereocenters. The monoisotopic (exact) mass is 421 g/mol. The van der Waals surface area contributed by atoms with E-state index in [1.54, 1.807) is 36.6 Å². The number of nitrogens with zero attached hydrogens (tertiary/aromatic N) is 3. The quantitative estimate of drug-likeness (QED) is 0.342. The first kappa shape index (κ1) is 19.6. The van der Waals surface area contributed by atoms with Crippen molar-refractivity contribution in [3.8, 4) is 22.9 Å². The van der Waals surface area contributed by atoms with E-state index in [1.165, 1.54) is 16.4 Å². The van der Waals surface area contributed by atoms with Crippen LogP contribution in [-0.4, -0.2) is 26.5 Å². The number of nitrogen functional groups attached to an aromatic ring is 1. The first-order valence-electron chi connectivity index (χ1n) is 9.11. The average molecular weight is 421 g/mol. The van der Waals surface area contributed by atoms with Crippen molar-refractivity contribution >= 4 is 23.4 Å². The number of hydrogen-bond donors (Lipinski definition) is 2. The molecule has 0 fully saturated rings. The van der Waals surface area contributed by atoms with E-state index < -0.39 is 0 Å². The van der Waals surface area contributed by atoms with Crippen LogP contribution >= 0.6 is 11.8 Å². The van der Waals surface area contributed by atoms with Crippen molar-refractivity contribution < 1.29 is 13.9 Å². The Morgan fingerprint density at radius 3 is 2.53 bits per heavy atom. The summed E-state index contributed by atoms with van der Waals surface area (Å²) >= 11 is 1.20. The molecule has 30 heavy (non-hydrogen) atoms. The molecule has 4 aromatic rings. The normalized spacial score (nSPS) is 10.7. The highest BCUT2D eigenvalue weighted by Crippen LogP contribution is 2.25. The summed E-state index contributed by atoms with van der Waals surface area (Å²) in [7, 11) is 0. The van der Waals surface area contributed by atoms with Gasteiger partial charge in [0.15, 0.2) is 5.82 Å². The molecule has 2 aromatic carbocycles. The predicted octanol–water partition coefficient (Wildman–Crippen LogP) is 4.08. The van der Waals surface area contributed by atoms with Crippen molar-refractivity contribution in [1.29, 1.82) is 0 Å². The molecule has 0 aliphatic carbocycles. The molecule has 2 heterocycles. The van der Waals surface area contributed by atoms with Crippen molar-refractivity contribution in [3.63, 3.8) is 0 Å². The fourth-order valence-electron chi connectivity index (χ4n) is 2.73. The van der Waals surface area contributed by atoms with Gasteiger partial charge in [0, 0.05) is 5.69 Å². The number of carbonyl (C=O) groups is 1. The van der Waals surface area contributed by atoms with Gasteiger partial charge in [0.05, 0.1) is 17.6 Å². The van der Waals surface area contributed by atoms with E-state index >= 15 is 0 Å². The molecule has 0 radical (unpaired) electrons. The maximum absolute atomic E-state index is 12.3. The molecule has 0 atom stereocenters. The Balaban J connectivity index is 1.32. The fraction of sp³-hybridized carbons (Fsp3) is 0.0952. The fourth-order valence-corrected chi connectivity index (χ4v) is 3.39. The number of rotatable bonds is 7. The molecular weight excluding hydrogens is 402 g/mol. The molecule has 4 rings (SSSR count). The Hall–Kier alpha value is -3.72. The number of ether oxygens (including phenoxy) is 1. The number of amides is 1. The Morgan fingerprint density at radius 2 is 1.83 bits per heavy atom. The number of hydrogen-bond acceptors (Lipinski definition) is 7. The van der Waals surface area contributed by atoms with Gasteiger partial charge < -0.3 is 20.3 Å². The van der Waals surface area contributed by atoms with E-state index in [0.717, 1.165) is 11.3 Å². The first-order valence-corrected chi connectivity index (χ1v) is 10.1. The van der Waals surface area contributed by atoms with Gasteiger partial charge in [-0.25, -0.2) is 4.68 Å². The van der Waals surface area contributed by atoms with Gasteiger partial charge in [-0.3, -0.25) is 4.79 Å². The van der Waals surface area contributed by atoms with Crippen molar-refractivity contribution in [2.24, 2.45) is 0 Å². The molecule has 0 saturated heterocycles. The second-order valence-corrected chi connectivity index (χ2v) is 7.29. The van der Waals surface area contributed by atoms with Gasteiger partial charge in [0.2, 0.25) is 11.1 Å². The molecule has 0 aliphatic rings. The Kier molecular flexibility index (Phi) is 5.71. The third-order valence-corrected chi connectivity index (χ3v) is 5.16.